The van der Waals surface area contributed by atoms with Gasteiger partial charge in [0.1, 0.15) is 6.42 Å². The molecule has 0 heterocycles. The first-order valence-corrected chi connectivity index (χ1v) is 13.9. The number of unbranched alkanes of at least 4 members (excludes halogenated alkanes) is 17. The van der Waals surface area contributed by atoms with Crippen molar-refractivity contribution in [1.82, 2.24) is 0 Å². The van der Waals surface area contributed by atoms with Crippen LogP contribution in [0.3, 0.4) is 0 Å². The van der Waals surface area contributed by atoms with E-state index in [2.05, 4.69) is 13.8 Å². The molecule has 190 valence electrons. The molecule has 0 aliphatic carbocycles. The van der Waals surface area contributed by atoms with Crippen molar-refractivity contribution in [2.75, 3.05) is 6.61 Å². The largest absolute Gasteiger partial charge is 0.465 e. The molecule has 1 atom stereocenters. The Morgan fingerprint density at radius 2 is 0.969 bits per heavy atom. The quantitative estimate of drug-likeness (QED) is 0.0831. The highest BCUT2D eigenvalue weighted by Crippen LogP contribution is 2.13. The van der Waals surface area contributed by atoms with E-state index in [-0.39, 0.29) is 12.5 Å². The number of hydrogen-bond acceptors (Lipinski definition) is 4. The highest BCUT2D eigenvalue weighted by atomic mass is 16.6. The molecule has 0 amide bonds. The Morgan fingerprint density at radius 3 is 1.44 bits per heavy atom. The highest BCUT2D eigenvalue weighted by Gasteiger charge is 2.15. The summed E-state index contributed by atoms with van der Waals surface area (Å²) < 4.78 is 10.5. The number of carbonyl (C=O) groups is 2. The number of ether oxygens (including phenoxy) is 2. The van der Waals surface area contributed by atoms with Crippen molar-refractivity contribution >= 4 is 11.9 Å². The molecule has 0 rings (SSSR count). The summed E-state index contributed by atoms with van der Waals surface area (Å²) in [4.78, 5) is 23.7. The minimum atomic E-state index is -0.459. The second kappa shape index (κ2) is 24.6. The zero-order valence-electron chi connectivity index (χ0n) is 21.8. The van der Waals surface area contributed by atoms with E-state index in [1.54, 1.807) is 0 Å². The van der Waals surface area contributed by atoms with Gasteiger partial charge < -0.3 is 9.47 Å². The summed E-state index contributed by atoms with van der Waals surface area (Å²) in [5.74, 6) is -0.917. The molecule has 0 aliphatic heterocycles. The molecule has 0 saturated heterocycles. The molecule has 0 aromatic carbocycles. The first kappa shape index (κ1) is 30.9. The van der Waals surface area contributed by atoms with Crippen molar-refractivity contribution in [2.45, 2.75) is 162 Å². The van der Waals surface area contributed by atoms with E-state index in [1.165, 1.54) is 103 Å². The van der Waals surface area contributed by atoms with Gasteiger partial charge in [-0.15, -0.1) is 0 Å². The fourth-order valence-corrected chi connectivity index (χ4v) is 4.01. The number of carbonyl (C=O) groups excluding carboxylic acids is 2. The van der Waals surface area contributed by atoms with Crippen molar-refractivity contribution in [3.8, 4) is 0 Å². The smallest absolute Gasteiger partial charge is 0.317 e. The maximum atomic E-state index is 11.9. The van der Waals surface area contributed by atoms with Crippen LogP contribution < -0.4 is 0 Å². The lowest BCUT2D eigenvalue weighted by atomic mass is 10.0. The van der Waals surface area contributed by atoms with Gasteiger partial charge in [0.15, 0.2) is 0 Å². The lowest BCUT2D eigenvalue weighted by Gasteiger charge is -2.13. The van der Waals surface area contributed by atoms with E-state index >= 15 is 0 Å². The Morgan fingerprint density at radius 1 is 0.562 bits per heavy atom. The summed E-state index contributed by atoms with van der Waals surface area (Å²) in [6, 6.07) is 0. The van der Waals surface area contributed by atoms with Crippen LogP contribution >= 0.6 is 0 Å². The van der Waals surface area contributed by atoms with Gasteiger partial charge in [0.05, 0.1) is 12.7 Å². The van der Waals surface area contributed by atoms with Crippen LogP contribution in [0.4, 0.5) is 0 Å². The predicted molar refractivity (Wildman–Crippen MR) is 135 cm³/mol. The van der Waals surface area contributed by atoms with Crippen LogP contribution in [0.2, 0.25) is 0 Å². The molecule has 0 aromatic rings. The molecular weight excluding hydrogens is 400 g/mol. The van der Waals surface area contributed by atoms with E-state index in [9.17, 15) is 9.59 Å². The van der Waals surface area contributed by atoms with Crippen molar-refractivity contribution < 1.29 is 19.1 Å². The van der Waals surface area contributed by atoms with Gasteiger partial charge in [-0.25, -0.2) is 0 Å². The van der Waals surface area contributed by atoms with Crippen LogP contribution in [0.1, 0.15) is 156 Å². The molecule has 0 fully saturated rings. The van der Waals surface area contributed by atoms with Gasteiger partial charge in [-0.2, -0.15) is 0 Å². The summed E-state index contributed by atoms with van der Waals surface area (Å²) in [5, 5.41) is 0. The average Bonchev–Trinajstić information content (AvgIpc) is 2.76. The maximum absolute atomic E-state index is 11.9. The summed E-state index contributed by atoms with van der Waals surface area (Å²) in [5.41, 5.74) is 0. The normalized spacial score (nSPS) is 12.0. The molecule has 4 heteroatoms. The van der Waals surface area contributed by atoms with Crippen LogP contribution in [0, 0.1) is 0 Å². The summed E-state index contributed by atoms with van der Waals surface area (Å²) in [7, 11) is 0. The Bertz CT molecular complexity index is 422. The first-order chi connectivity index (χ1) is 15.6. The molecule has 0 bridgehead atoms. The van der Waals surface area contributed by atoms with Gasteiger partial charge in [0.25, 0.3) is 0 Å². The molecule has 4 nitrogen and oxygen atoms in total. The van der Waals surface area contributed by atoms with Crippen LogP contribution in [-0.4, -0.2) is 24.6 Å². The molecular formula is C28H54O4. The minimum Gasteiger partial charge on any atom is -0.465 e. The zero-order chi connectivity index (χ0) is 23.7. The fraction of sp³-hybridized carbons (Fsp3) is 0.929. The first-order valence-electron chi connectivity index (χ1n) is 13.9. The second-order valence-electron chi connectivity index (χ2n) is 9.50. The van der Waals surface area contributed by atoms with Gasteiger partial charge in [-0.05, 0) is 26.2 Å². The second-order valence-corrected chi connectivity index (χ2v) is 9.50. The number of hydrogen-bond donors (Lipinski definition) is 0. The molecule has 0 aliphatic rings. The Balaban J connectivity index is 3.41. The standard InChI is InChI=1S/C28H54O4/c1-4-6-8-10-12-13-14-15-16-17-18-20-22-24-31-27(29)25-28(30)32-26(3)23-21-19-11-9-7-5-2/h26H,4-25H2,1-3H3. The van der Waals surface area contributed by atoms with Crippen molar-refractivity contribution in [1.29, 1.82) is 0 Å². The molecule has 1 unspecified atom stereocenters. The number of esters is 2. The number of rotatable bonds is 24. The van der Waals surface area contributed by atoms with Crippen LogP contribution in [0.15, 0.2) is 0 Å². The molecule has 0 aromatic heterocycles. The highest BCUT2D eigenvalue weighted by molar-refractivity contribution is 5.91. The van der Waals surface area contributed by atoms with Gasteiger partial charge in [0.2, 0.25) is 0 Å². The maximum Gasteiger partial charge on any atom is 0.317 e. The molecule has 0 spiro atoms. The summed E-state index contributed by atoms with van der Waals surface area (Å²) in [6.07, 6.45) is 24.6. The van der Waals surface area contributed by atoms with Gasteiger partial charge >= 0.3 is 11.9 Å². The van der Waals surface area contributed by atoms with E-state index in [4.69, 9.17) is 9.47 Å². The van der Waals surface area contributed by atoms with Crippen molar-refractivity contribution in [2.24, 2.45) is 0 Å². The van der Waals surface area contributed by atoms with Crippen LogP contribution in [-0.2, 0) is 19.1 Å². The topological polar surface area (TPSA) is 52.6 Å². The molecule has 0 radical (unpaired) electrons. The fourth-order valence-electron chi connectivity index (χ4n) is 4.01. The van der Waals surface area contributed by atoms with E-state index in [0.717, 1.165) is 25.7 Å². The SMILES string of the molecule is CCCCCCCCCCCCCCCOC(=O)CC(=O)OC(C)CCCCCCCC. The lowest BCUT2D eigenvalue weighted by Crippen LogP contribution is -2.19. The lowest BCUT2D eigenvalue weighted by molar-refractivity contribution is -0.157. The Kier molecular flexibility index (Phi) is 23.8. The van der Waals surface area contributed by atoms with Crippen LogP contribution in [0.5, 0.6) is 0 Å². The third-order valence-electron chi connectivity index (χ3n) is 6.10. The van der Waals surface area contributed by atoms with Crippen molar-refractivity contribution in [3.05, 3.63) is 0 Å². The third kappa shape index (κ3) is 23.6. The monoisotopic (exact) mass is 454 g/mol. The van der Waals surface area contributed by atoms with E-state index in [1.807, 2.05) is 6.92 Å². The summed E-state index contributed by atoms with van der Waals surface area (Å²) >= 11 is 0. The average molecular weight is 455 g/mol. The molecule has 32 heavy (non-hydrogen) atoms. The Hall–Kier alpha value is -1.06. The van der Waals surface area contributed by atoms with Gasteiger partial charge in [-0.1, -0.05) is 123 Å². The predicted octanol–water partition coefficient (Wildman–Crippen LogP) is 8.69. The van der Waals surface area contributed by atoms with E-state index in [0.29, 0.717) is 6.61 Å². The third-order valence-corrected chi connectivity index (χ3v) is 6.10. The van der Waals surface area contributed by atoms with E-state index < -0.39 is 11.9 Å². The van der Waals surface area contributed by atoms with Crippen LogP contribution in [0.25, 0.3) is 0 Å². The zero-order valence-corrected chi connectivity index (χ0v) is 21.8. The summed E-state index contributed by atoms with van der Waals surface area (Å²) in [6.45, 7) is 6.80. The van der Waals surface area contributed by atoms with Gasteiger partial charge in [-0.3, -0.25) is 9.59 Å². The van der Waals surface area contributed by atoms with Gasteiger partial charge in [0, 0.05) is 0 Å². The van der Waals surface area contributed by atoms with Crippen molar-refractivity contribution in [3.63, 3.8) is 0 Å². The Labute approximate surface area is 199 Å². The molecule has 0 saturated carbocycles. The minimum absolute atomic E-state index is 0.123. The molecule has 0 N–H and O–H groups in total.